The Bertz CT molecular complexity index is 451. The maximum Gasteiger partial charge on any atom is 0.246 e. The molecule has 1 aliphatic heterocycles. The van der Waals surface area contributed by atoms with Crippen molar-refractivity contribution in [3.63, 3.8) is 0 Å². The predicted molar refractivity (Wildman–Crippen MR) is 76.1 cm³/mol. The molecule has 0 bridgehead atoms. The van der Waals surface area contributed by atoms with Crippen LogP contribution >= 0.6 is 15.9 Å². The van der Waals surface area contributed by atoms with E-state index in [0.717, 1.165) is 12.3 Å². The molecule has 1 amide bonds. The molecule has 1 aromatic rings. The number of halogens is 1. The van der Waals surface area contributed by atoms with Crippen molar-refractivity contribution in [3.8, 4) is 0 Å². The van der Waals surface area contributed by atoms with E-state index in [1.807, 2.05) is 12.1 Å². The number of amides is 1. The first kappa shape index (κ1) is 15.5. The van der Waals surface area contributed by atoms with Gasteiger partial charge < -0.3 is 19.6 Å². The van der Waals surface area contributed by atoms with Gasteiger partial charge in [-0.1, -0.05) is 0 Å². The average molecular weight is 347 g/mol. The van der Waals surface area contributed by atoms with Gasteiger partial charge in [-0.2, -0.15) is 0 Å². The van der Waals surface area contributed by atoms with E-state index in [1.54, 1.807) is 0 Å². The van der Waals surface area contributed by atoms with Gasteiger partial charge in [-0.15, -0.1) is 0 Å². The number of hydrogen-bond acceptors (Lipinski definition) is 5. The summed E-state index contributed by atoms with van der Waals surface area (Å²) in [6.07, 6.45) is 0. The Kier molecular flexibility index (Phi) is 5.59. The van der Waals surface area contributed by atoms with Gasteiger partial charge in [0.2, 0.25) is 5.91 Å². The number of carbonyl (C=O) groups is 1. The standard InChI is InChI=1S/C13H19BrN2O4/c1-19-8-13(18)15-11-6-16(4-9(11)7-17)5-10-2-3-12(14)20-10/h2-3,9,11,17H,4-8H2,1H3,(H,15,18)/t9-,11+/m0/s1. The molecule has 2 atom stereocenters. The fraction of sp³-hybridized carbons (Fsp3) is 0.615. The molecule has 0 unspecified atom stereocenters. The molecule has 112 valence electrons. The minimum Gasteiger partial charge on any atom is -0.453 e. The monoisotopic (exact) mass is 346 g/mol. The molecule has 0 radical (unpaired) electrons. The largest absolute Gasteiger partial charge is 0.453 e. The number of aliphatic hydroxyl groups excluding tert-OH is 1. The summed E-state index contributed by atoms with van der Waals surface area (Å²) in [4.78, 5) is 13.7. The average Bonchev–Trinajstić information content (AvgIpc) is 2.96. The Labute approximate surface area is 126 Å². The predicted octanol–water partition coefficient (Wildman–Crippen LogP) is 0.597. The number of nitrogens with zero attached hydrogens (tertiary/aromatic N) is 1. The van der Waals surface area contributed by atoms with E-state index in [1.165, 1.54) is 7.11 Å². The van der Waals surface area contributed by atoms with Crippen molar-refractivity contribution < 1.29 is 19.1 Å². The second kappa shape index (κ2) is 7.21. The number of furan rings is 1. The highest BCUT2D eigenvalue weighted by atomic mass is 79.9. The second-order valence-electron chi connectivity index (χ2n) is 4.95. The van der Waals surface area contributed by atoms with Crippen molar-refractivity contribution in [1.82, 2.24) is 10.2 Å². The Hall–Kier alpha value is -0.890. The summed E-state index contributed by atoms with van der Waals surface area (Å²) in [5, 5.41) is 12.3. The molecule has 6 nitrogen and oxygen atoms in total. The Morgan fingerprint density at radius 1 is 1.60 bits per heavy atom. The molecule has 20 heavy (non-hydrogen) atoms. The fourth-order valence-electron chi connectivity index (χ4n) is 2.47. The van der Waals surface area contributed by atoms with Crippen LogP contribution in [0.3, 0.4) is 0 Å². The zero-order valence-electron chi connectivity index (χ0n) is 11.3. The van der Waals surface area contributed by atoms with Crippen LogP contribution in [0.25, 0.3) is 0 Å². The Morgan fingerprint density at radius 3 is 3.00 bits per heavy atom. The SMILES string of the molecule is COCC(=O)N[C@@H]1CN(Cc2ccc(Br)o2)C[C@H]1CO. The number of methoxy groups -OCH3 is 1. The summed E-state index contributed by atoms with van der Waals surface area (Å²) in [6, 6.07) is 3.71. The molecule has 1 aliphatic rings. The minimum atomic E-state index is -0.154. The van der Waals surface area contributed by atoms with Gasteiger partial charge in [0.25, 0.3) is 0 Å². The number of nitrogens with one attached hydrogen (secondary N) is 1. The van der Waals surface area contributed by atoms with Crippen LogP contribution in [0.5, 0.6) is 0 Å². The summed E-state index contributed by atoms with van der Waals surface area (Å²) >= 11 is 3.27. The second-order valence-corrected chi connectivity index (χ2v) is 5.73. The molecule has 2 N–H and O–H groups in total. The summed E-state index contributed by atoms with van der Waals surface area (Å²) in [6.45, 7) is 2.18. The lowest BCUT2D eigenvalue weighted by Gasteiger charge is -2.17. The first-order valence-electron chi connectivity index (χ1n) is 6.48. The zero-order chi connectivity index (χ0) is 14.5. The quantitative estimate of drug-likeness (QED) is 0.788. The Morgan fingerprint density at radius 2 is 2.40 bits per heavy atom. The smallest absolute Gasteiger partial charge is 0.246 e. The molecule has 1 fully saturated rings. The number of hydrogen-bond donors (Lipinski definition) is 2. The van der Waals surface area contributed by atoms with Crippen molar-refractivity contribution in [2.24, 2.45) is 5.92 Å². The maximum atomic E-state index is 11.6. The third-order valence-corrected chi connectivity index (χ3v) is 3.81. The van der Waals surface area contributed by atoms with E-state index < -0.39 is 0 Å². The lowest BCUT2D eigenvalue weighted by molar-refractivity contribution is -0.125. The molecule has 1 aromatic heterocycles. The minimum absolute atomic E-state index is 0.0363. The number of ether oxygens (including phenoxy) is 1. The van der Waals surface area contributed by atoms with Crippen molar-refractivity contribution in [1.29, 1.82) is 0 Å². The number of carbonyl (C=O) groups excluding carboxylic acids is 1. The molecular formula is C13H19BrN2O4. The Balaban J connectivity index is 1.89. The van der Waals surface area contributed by atoms with E-state index >= 15 is 0 Å². The number of aliphatic hydroxyl groups is 1. The van der Waals surface area contributed by atoms with Crippen LogP contribution in [-0.2, 0) is 16.1 Å². The zero-order valence-corrected chi connectivity index (χ0v) is 12.9. The molecule has 7 heteroatoms. The summed E-state index contributed by atoms with van der Waals surface area (Å²) < 4.78 is 11.0. The van der Waals surface area contributed by atoms with Gasteiger partial charge in [0.15, 0.2) is 4.67 Å². The molecular weight excluding hydrogens is 328 g/mol. The summed E-state index contributed by atoms with van der Waals surface area (Å²) in [7, 11) is 1.48. The van der Waals surface area contributed by atoms with Crippen LogP contribution in [0.4, 0.5) is 0 Å². The first-order valence-corrected chi connectivity index (χ1v) is 7.27. The molecule has 0 aliphatic carbocycles. The first-order chi connectivity index (χ1) is 9.62. The molecule has 1 saturated heterocycles. The summed E-state index contributed by atoms with van der Waals surface area (Å²) in [5.74, 6) is 0.741. The topological polar surface area (TPSA) is 74.9 Å². The fourth-order valence-corrected chi connectivity index (χ4v) is 2.81. The highest BCUT2D eigenvalue weighted by molar-refractivity contribution is 9.10. The highest BCUT2D eigenvalue weighted by Crippen LogP contribution is 2.21. The van der Waals surface area contributed by atoms with Crippen molar-refractivity contribution in [2.75, 3.05) is 33.4 Å². The lowest BCUT2D eigenvalue weighted by Crippen LogP contribution is -2.43. The van der Waals surface area contributed by atoms with Gasteiger partial charge >= 0.3 is 0 Å². The van der Waals surface area contributed by atoms with E-state index in [-0.39, 0.29) is 31.1 Å². The van der Waals surface area contributed by atoms with Crippen molar-refractivity contribution >= 4 is 21.8 Å². The molecule has 0 spiro atoms. The molecule has 2 rings (SSSR count). The van der Waals surface area contributed by atoms with E-state index in [0.29, 0.717) is 17.8 Å². The molecule has 0 saturated carbocycles. The normalized spacial score (nSPS) is 23.1. The highest BCUT2D eigenvalue weighted by Gasteiger charge is 2.33. The van der Waals surface area contributed by atoms with E-state index in [4.69, 9.17) is 9.15 Å². The third-order valence-electron chi connectivity index (χ3n) is 3.38. The van der Waals surface area contributed by atoms with Gasteiger partial charge in [-0.05, 0) is 28.1 Å². The van der Waals surface area contributed by atoms with Gasteiger partial charge in [0, 0.05) is 38.8 Å². The van der Waals surface area contributed by atoms with E-state index in [9.17, 15) is 9.90 Å². The van der Waals surface area contributed by atoms with E-state index in [2.05, 4.69) is 26.1 Å². The van der Waals surface area contributed by atoms with Crippen LogP contribution in [-0.4, -0.2) is 55.4 Å². The van der Waals surface area contributed by atoms with Crippen LogP contribution < -0.4 is 5.32 Å². The number of rotatable bonds is 6. The van der Waals surface area contributed by atoms with Gasteiger partial charge in [-0.3, -0.25) is 9.69 Å². The number of likely N-dealkylation sites (tertiary alicyclic amines) is 1. The maximum absolute atomic E-state index is 11.6. The van der Waals surface area contributed by atoms with Crippen molar-refractivity contribution in [2.45, 2.75) is 12.6 Å². The molecule has 0 aromatic carbocycles. The van der Waals surface area contributed by atoms with Crippen LogP contribution in [0.15, 0.2) is 21.2 Å². The third kappa shape index (κ3) is 4.05. The van der Waals surface area contributed by atoms with Crippen LogP contribution in [0.2, 0.25) is 0 Å². The van der Waals surface area contributed by atoms with Crippen LogP contribution in [0.1, 0.15) is 5.76 Å². The summed E-state index contributed by atoms with van der Waals surface area (Å²) in [5.41, 5.74) is 0. The molecule has 2 heterocycles. The lowest BCUT2D eigenvalue weighted by atomic mass is 10.1. The van der Waals surface area contributed by atoms with Gasteiger partial charge in [0.05, 0.1) is 6.54 Å². The van der Waals surface area contributed by atoms with Gasteiger partial charge in [-0.25, -0.2) is 0 Å². The van der Waals surface area contributed by atoms with Crippen LogP contribution in [0, 0.1) is 5.92 Å². The van der Waals surface area contributed by atoms with Gasteiger partial charge in [0.1, 0.15) is 12.4 Å². The van der Waals surface area contributed by atoms with Crippen molar-refractivity contribution in [3.05, 3.63) is 22.6 Å².